The lowest BCUT2D eigenvalue weighted by Crippen LogP contribution is -2.32. The Morgan fingerprint density at radius 3 is 3.06 bits per heavy atom. The topological polar surface area (TPSA) is 53.6 Å². The number of amides is 2. The molecule has 2 amide bonds. The number of nitrogens with one attached hydrogen (secondary N) is 2. The van der Waals surface area contributed by atoms with Crippen molar-refractivity contribution in [1.29, 1.82) is 0 Å². The number of rotatable bonds is 5. The van der Waals surface area contributed by atoms with Crippen LogP contribution in [0.1, 0.15) is 0 Å². The number of halogens is 1. The second kappa shape index (κ2) is 5.57. The van der Waals surface area contributed by atoms with Gasteiger partial charge in [-0.3, -0.25) is 0 Å². The van der Waals surface area contributed by atoms with Gasteiger partial charge in [0.25, 0.3) is 0 Å². The number of hydrogen-bond donors (Lipinski definition) is 2. The molecule has 6 heteroatoms. The van der Waals surface area contributed by atoms with Gasteiger partial charge in [-0.15, -0.1) is 0 Å². The van der Waals surface area contributed by atoms with E-state index in [9.17, 15) is 9.18 Å². The summed E-state index contributed by atoms with van der Waals surface area (Å²) < 4.78 is 18.5. The van der Waals surface area contributed by atoms with Crippen LogP contribution in [0.2, 0.25) is 0 Å². The number of anilines is 1. The molecule has 0 unspecified atom stereocenters. The van der Waals surface area contributed by atoms with Crippen LogP contribution in [-0.2, 0) is 0 Å². The molecule has 0 aromatic heterocycles. The molecule has 0 spiro atoms. The van der Waals surface area contributed by atoms with Crippen molar-refractivity contribution in [2.45, 2.75) is 0 Å². The molecule has 1 aliphatic heterocycles. The van der Waals surface area contributed by atoms with Crippen LogP contribution in [0.5, 0.6) is 5.75 Å². The van der Waals surface area contributed by atoms with E-state index in [0.29, 0.717) is 37.6 Å². The number of ether oxygens (including phenoxy) is 1. The second-order valence-electron chi connectivity index (χ2n) is 3.99. The average Bonchev–Trinajstić information content (AvgIpc) is 2.77. The molecular formula is C12H16FN3O2. The molecule has 1 aromatic rings. The molecule has 2 N–H and O–H groups in total. The van der Waals surface area contributed by atoms with Crippen molar-refractivity contribution in [2.24, 2.45) is 0 Å². The van der Waals surface area contributed by atoms with Crippen LogP contribution in [0.25, 0.3) is 0 Å². The number of nitrogens with zero attached hydrogens (tertiary/aromatic N) is 1. The third kappa shape index (κ3) is 2.82. The summed E-state index contributed by atoms with van der Waals surface area (Å²) in [4.78, 5) is 13.0. The van der Waals surface area contributed by atoms with E-state index in [1.807, 2.05) is 0 Å². The van der Waals surface area contributed by atoms with Crippen molar-refractivity contribution < 1.29 is 13.9 Å². The highest BCUT2D eigenvalue weighted by atomic mass is 19.1. The Hall–Kier alpha value is -1.98. The minimum atomic E-state index is -0.332. The first-order valence-electron chi connectivity index (χ1n) is 5.81. The molecule has 0 atom stereocenters. The lowest BCUT2D eigenvalue weighted by Gasteiger charge is -2.15. The molecule has 18 heavy (non-hydrogen) atoms. The van der Waals surface area contributed by atoms with Gasteiger partial charge < -0.3 is 20.3 Å². The number of methoxy groups -OCH3 is 1. The van der Waals surface area contributed by atoms with Crippen LogP contribution < -0.4 is 15.4 Å². The van der Waals surface area contributed by atoms with Crippen LogP contribution in [-0.4, -0.2) is 44.2 Å². The molecule has 1 aromatic carbocycles. The van der Waals surface area contributed by atoms with Gasteiger partial charge in [0.05, 0.1) is 12.8 Å². The third-order valence-corrected chi connectivity index (χ3v) is 2.82. The predicted octanol–water partition coefficient (Wildman–Crippen LogP) is 1.27. The summed E-state index contributed by atoms with van der Waals surface area (Å²) in [5.74, 6) is 0.263. The van der Waals surface area contributed by atoms with Crippen molar-refractivity contribution in [1.82, 2.24) is 10.2 Å². The lowest BCUT2D eigenvalue weighted by molar-refractivity contribution is 0.219. The summed E-state index contributed by atoms with van der Waals surface area (Å²) in [6, 6.07) is 4.44. The number of urea groups is 1. The van der Waals surface area contributed by atoms with Crippen molar-refractivity contribution >= 4 is 11.7 Å². The maximum absolute atomic E-state index is 13.5. The van der Waals surface area contributed by atoms with Crippen molar-refractivity contribution in [3.63, 3.8) is 0 Å². The molecule has 0 bridgehead atoms. The highest BCUT2D eigenvalue weighted by Crippen LogP contribution is 2.20. The minimum Gasteiger partial charge on any atom is -0.497 e. The summed E-state index contributed by atoms with van der Waals surface area (Å²) in [5.41, 5.74) is 0.383. The molecule has 1 fully saturated rings. The van der Waals surface area contributed by atoms with E-state index in [1.54, 1.807) is 17.0 Å². The van der Waals surface area contributed by atoms with E-state index >= 15 is 0 Å². The monoisotopic (exact) mass is 253 g/mol. The van der Waals surface area contributed by atoms with Crippen molar-refractivity contribution in [3.8, 4) is 5.75 Å². The largest absolute Gasteiger partial charge is 0.497 e. The van der Waals surface area contributed by atoms with E-state index in [1.165, 1.54) is 13.2 Å². The Labute approximate surface area is 105 Å². The maximum atomic E-state index is 13.5. The molecule has 0 aliphatic carbocycles. The Morgan fingerprint density at radius 1 is 1.56 bits per heavy atom. The SMILES string of the molecule is COc1ccc(F)c(NCCN2CCNC2=O)c1. The van der Waals surface area contributed by atoms with Crippen molar-refractivity contribution in [3.05, 3.63) is 24.0 Å². The zero-order valence-electron chi connectivity index (χ0n) is 10.2. The number of hydrogen-bond acceptors (Lipinski definition) is 3. The quantitative estimate of drug-likeness (QED) is 0.831. The van der Waals surface area contributed by atoms with Crippen molar-refractivity contribution in [2.75, 3.05) is 38.6 Å². The first-order chi connectivity index (χ1) is 8.70. The fourth-order valence-electron chi connectivity index (χ4n) is 1.82. The van der Waals surface area contributed by atoms with Crippen LogP contribution in [0.3, 0.4) is 0 Å². The Bertz CT molecular complexity index is 439. The van der Waals surface area contributed by atoms with Gasteiger partial charge in [0.15, 0.2) is 0 Å². The van der Waals surface area contributed by atoms with Gasteiger partial charge in [-0.1, -0.05) is 0 Å². The Balaban J connectivity index is 1.87. The van der Waals surface area contributed by atoms with E-state index in [4.69, 9.17) is 4.74 Å². The third-order valence-electron chi connectivity index (χ3n) is 2.82. The summed E-state index contributed by atoms with van der Waals surface area (Å²) in [5, 5.41) is 5.67. The fraction of sp³-hybridized carbons (Fsp3) is 0.417. The second-order valence-corrected chi connectivity index (χ2v) is 3.99. The summed E-state index contributed by atoms with van der Waals surface area (Å²) in [6.45, 7) is 2.41. The van der Waals surface area contributed by atoms with Crippen LogP contribution in [0.4, 0.5) is 14.9 Å². The summed E-state index contributed by atoms with van der Waals surface area (Å²) >= 11 is 0. The highest BCUT2D eigenvalue weighted by molar-refractivity contribution is 5.76. The van der Waals surface area contributed by atoms with Gasteiger partial charge in [0.1, 0.15) is 11.6 Å². The lowest BCUT2D eigenvalue weighted by atomic mass is 10.3. The van der Waals surface area contributed by atoms with Gasteiger partial charge in [-0.05, 0) is 12.1 Å². The zero-order chi connectivity index (χ0) is 13.0. The molecule has 1 heterocycles. The normalized spacial score (nSPS) is 14.6. The maximum Gasteiger partial charge on any atom is 0.317 e. The highest BCUT2D eigenvalue weighted by Gasteiger charge is 2.18. The Kier molecular flexibility index (Phi) is 3.86. The van der Waals surface area contributed by atoms with Gasteiger partial charge in [0.2, 0.25) is 0 Å². The van der Waals surface area contributed by atoms with Gasteiger partial charge in [0, 0.05) is 32.2 Å². The summed E-state index contributed by atoms with van der Waals surface area (Å²) in [6.07, 6.45) is 0. The summed E-state index contributed by atoms with van der Waals surface area (Å²) in [7, 11) is 1.53. The van der Waals surface area contributed by atoms with Crippen LogP contribution >= 0.6 is 0 Å². The van der Waals surface area contributed by atoms with E-state index in [-0.39, 0.29) is 11.8 Å². The van der Waals surface area contributed by atoms with Crippen LogP contribution in [0, 0.1) is 5.82 Å². The predicted molar refractivity (Wildman–Crippen MR) is 66.4 cm³/mol. The number of carbonyl (C=O) groups is 1. The first-order valence-corrected chi connectivity index (χ1v) is 5.81. The molecule has 1 saturated heterocycles. The van der Waals surface area contributed by atoms with E-state index in [2.05, 4.69) is 10.6 Å². The molecule has 0 saturated carbocycles. The minimum absolute atomic E-state index is 0.0667. The van der Waals surface area contributed by atoms with Gasteiger partial charge >= 0.3 is 6.03 Å². The Morgan fingerprint density at radius 2 is 2.39 bits per heavy atom. The number of benzene rings is 1. The standard InChI is InChI=1S/C12H16FN3O2/c1-18-9-2-3-10(13)11(8-9)14-4-6-16-7-5-15-12(16)17/h2-3,8,14H,4-7H2,1H3,(H,15,17). The fourth-order valence-corrected chi connectivity index (χ4v) is 1.82. The molecule has 1 aliphatic rings. The van der Waals surface area contributed by atoms with E-state index in [0.717, 1.165) is 0 Å². The van der Waals surface area contributed by atoms with Gasteiger partial charge in [-0.2, -0.15) is 0 Å². The average molecular weight is 253 g/mol. The smallest absolute Gasteiger partial charge is 0.317 e. The van der Waals surface area contributed by atoms with Gasteiger partial charge in [-0.25, -0.2) is 9.18 Å². The molecule has 2 rings (SSSR count). The molecule has 98 valence electrons. The molecule has 5 nitrogen and oxygen atoms in total. The number of carbonyl (C=O) groups excluding carboxylic acids is 1. The first kappa shape index (κ1) is 12.5. The zero-order valence-corrected chi connectivity index (χ0v) is 10.2. The molecular weight excluding hydrogens is 237 g/mol. The molecule has 0 radical (unpaired) electrons. The van der Waals surface area contributed by atoms with E-state index < -0.39 is 0 Å². The van der Waals surface area contributed by atoms with Crippen LogP contribution in [0.15, 0.2) is 18.2 Å².